The maximum Gasteiger partial charge on any atom is 0.308 e. The summed E-state index contributed by atoms with van der Waals surface area (Å²) in [6, 6.07) is 9.31. The zero-order valence-electron chi connectivity index (χ0n) is 9.05. The van der Waals surface area contributed by atoms with Crippen molar-refractivity contribution in [1.29, 1.82) is 0 Å². The molecule has 0 bridgehead atoms. The summed E-state index contributed by atoms with van der Waals surface area (Å²) in [5.74, 6) is 0. The molecular formula is C12H9IN2O2. The van der Waals surface area contributed by atoms with Gasteiger partial charge >= 0.3 is 5.69 Å². The van der Waals surface area contributed by atoms with Gasteiger partial charge in [0.25, 0.3) is 0 Å². The van der Waals surface area contributed by atoms with E-state index in [0.29, 0.717) is 9.26 Å². The second-order valence-electron chi connectivity index (χ2n) is 3.62. The van der Waals surface area contributed by atoms with Crippen molar-refractivity contribution in [3.05, 3.63) is 55.9 Å². The Labute approximate surface area is 112 Å². The maximum atomic E-state index is 11.0. The van der Waals surface area contributed by atoms with E-state index in [2.05, 4.69) is 4.98 Å². The van der Waals surface area contributed by atoms with E-state index in [1.807, 2.05) is 53.8 Å². The van der Waals surface area contributed by atoms with E-state index in [0.717, 1.165) is 11.1 Å². The van der Waals surface area contributed by atoms with Crippen LogP contribution in [0.25, 0.3) is 11.1 Å². The highest BCUT2D eigenvalue weighted by molar-refractivity contribution is 14.1. The number of hydrogen-bond acceptors (Lipinski definition) is 3. The molecule has 0 aliphatic carbocycles. The lowest BCUT2D eigenvalue weighted by Crippen LogP contribution is -1.97. The molecule has 86 valence electrons. The highest BCUT2D eigenvalue weighted by atomic mass is 127. The fourth-order valence-corrected chi connectivity index (χ4v) is 2.22. The molecule has 0 radical (unpaired) electrons. The topological polar surface area (TPSA) is 56.0 Å². The molecule has 1 aromatic carbocycles. The first-order chi connectivity index (χ1) is 8.09. The minimum atomic E-state index is -0.385. The SMILES string of the molecule is Cc1ccc(-c2ccnc(I)c2[N+](=O)[O-])cc1. The van der Waals surface area contributed by atoms with E-state index < -0.39 is 0 Å². The predicted octanol–water partition coefficient (Wildman–Crippen LogP) is 3.57. The Bertz CT molecular complexity index is 567. The second kappa shape index (κ2) is 4.79. The van der Waals surface area contributed by atoms with E-state index in [1.54, 1.807) is 12.3 Å². The average Bonchev–Trinajstić information content (AvgIpc) is 2.29. The monoisotopic (exact) mass is 340 g/mol. The van der Waals surface area contributed by atoms with Crippen LogP contribution in [0, 0.1) is 20.7 Å². The van der Waals surface area contributed by atoms with Gasteiger partial charge in [-0.05, 0) is 41.1 Å². The van der Waals surface area contributed by atoms with Crippen LogP contribution in [0.2, 0.25) is 0 Å². The molecule has 1 aromatic heterocycles. The summed E-state index contributed by atoms with van der Waals surface area (Å²) in [4.78, 5) is 14.6. The minimum absolute atomic E-state index is 0.0666. The third-order valence-corrected chi connectivity index (χ3v) is 3.21. The van der Waals surface area contributed by atoms with Crippen LogP contribution in [0.1, 0.15) is 5.56 Å². The van der Waals surface area contributed by atoms with Crippen molar-refractivity contribution < 1.29 is 4.92 Å². The molecule has 2 rings (SSSR count). The van der Waals surface area contributed by atoms with Gasteiger partial charge in [-0.1, -0.05) is 29.8 Å². The van der Waals surface area contributed by atoms with Crippen molar-refractivity contribution in [2.75, 3.05) is 0 Å². The van der Waals surface area contributed by atoms with E-state index in [-0.39, 0.29) is 10.6 Å². The Hall–Kier alpha value is -1.50. The van der Waals surface area contributed by atoms with E-state index in [4.69, 9.17) is 0 Å². The summed E-state index contributed by atoms with van der Waals surface area (Å²) >= 11 is 1.88. The van der Waals surface area contributed by atoms with Crippen molar-refractivity contribution in [3.8, 4) is 11.1 Å². The Morgan fingerprint density at radius 1 is 1.24 bits per heavy atom. The Morgan fingerprint density at radius 3 is 2.47 bits per heavy atom. The van der Waals surface area contributed by atoms with E-state index >= 15 is 0 Å². The highest BCUT2D eigenvalue weighted by Crippen LogP contribution is 2.32. The van der Waals surface area contributed by atoms with Crippen molar-refractivity contribution in [2.45, 2.75) is 6.92 Å². The van der Waals surface area contributed by atoms with Crippen molar-refractivity contribution in [2.24, 2.45) is 0 Å². The highest BCUT2D eigenvalue weighted by Gasteiger charge is 2.19. The van der Waals surface area contributed by atoms with Crippen molar-refractivity contribution in [3.63, 3.8) is 0 Å². The molecule has 0 spiro atoms. The standard InChI is InChI=1S/C12H9IN2O2/c1-8-2-4-9(5-3-8)10-6-7-14-12(13)11(10)15(16)17/h2-7H,1H3. The molecule has 0 atom stereocenters. The van der Waals surface area contributed by atoms with Gasteiger partial charge in [0.1, 0.15) is 0 Å². The third kappa shape index (κ3) is 2.44. The van der Waals surface area contributed by atoms with E-state index in [9.17, 15) is 10.1 Å². The largest absolute Gasteiger partial charge is 0.308 e. The van der Waals surface area contributed by atoms with Gasteiger partial charge in [0, 0.05) is 6.20 Å². The average molecular weight is 340 g/mol. The minimum Gasteiger partial charge on any atom is -0.258 e. The first-order valence-corrected chi connectivity index (χ1v) is 6.03. The number of aryl methyl sites for hydroxylation is 1. The fraction of sp³-hybridized carbons (Fsp3) is 0.0833. The molecule has 0 saturated heterocycles. The van der Waals surface area contributed by atoms with Crippen LogP contribution in [-0.4, -0.2) is 9.91 Å². The smallest absolute Gasteiger partial charge is 0.258 e. The zero-order valence-corrected chi connectivity index (χ0v) is 11.2. The van der Waals surface area contributed by atoms with Crippen LogP contribution in [0.15, 0.2) is 36.5 Å². The molecular weight excluding hydrogens is 331 g/mol. The summed E-state index contributed by atoms with van der Waals surface area (Å²) in [5, 5.41) is 11.0. The van der Waals surface area contributed by atoms with Gasteiger partial charge < -0.3 is 0 Å². The summed E-state index contributed by atoms with van der Waals surface area (Å²) in [5.41, 5.74) is 2.63. The molecule has 0 fully saturated rings. The van der Waals surface area contributed by atoms with Crippen LogP contribution in [-0.2, 0) is 0 Å². The van der Waals surface area contributed by atoms with Gasteiger partial charge in [-0.3, -0.25) is 10.1 Å². The molecule has 0 N–H and O–H groups in total. The summed E-state index contributed by atoms with van der Waals surface area (Å²) in [6.45, 7) is 1.98. The number of nitrogens with zero attached hydrogens (tertiary/aromatic N) is 2. The molecule has 4 nitrogen and oxygen atoms in total. The predicted molar refractivity (Wildman–Crippen MR) is 73.8 cm³/mol. The first-order valence-electron chi connectivity index (χ1n) is 4.95. The normalized spacial score (nSPS) is 10.2. The van der Waals surface area contributed by atoms with Gasteiger partial charge in [0.15, 0.2) is 3.70 Å². The van der Waals surface area contributed by atoms with Gasteiger partial charge in [0.05, 0.1) is 10.5 Å². The zero-order chi connectivity index (χ0) is 12.4. The Kier molecular flexibility index (Phi) is 3.37. The molecule has 0 amide bonds. The number of rotatable bonds is 2. The van der Waals surface area contributed by atoms with Crippen molar-refractivity contribution in [1.82, 2.24) is 4.98 Å². The van der Waals surface area contributed by atoms with Crippen LogP contribution in [0.5, 0.6) is 0 Å². The van der Waals surface area contributed by atoms with Crippen molar-refractivity contribution >= 4 is 28.3 Å². The number of nitro groups is 1. The summed E-state index contributed by atoms with van der Waals surface area (Å²) in [7, 11) is 0. The molecule has 0 saturated carbocycles. The lowest BCUT2D eigenvalue weighted by atomic mass is 10.0. The molecule has 5 heteroatoms. The van der Waals surface area contributed by atoms with Crippen LogP contribution in [0.3, 0.4) is 0 Å². The molecule has 17 heavy (non-hydrogen) atoms. The quantitative estimate of drug-likeness (QED) is 0.363. The lowest BCUT2D eigenvalue weighted by Gasteiger charge is -2.04. The van der Waals surface area contributed by atoms with Gasteiger partial charge in [-0.2, -0.15) is 0 Å². The number of pyridine rings is 1. The third-order valence-electron chi connectivity index (χ3n) is 2.42. The fourth-order valence-electron chi connectivity index (χ4n) is 1.57. The second-order valence-corrected chi connectivity index (χ2v) is 4.64. The van der Waals surface area contributed by atoms with Crippen LogP contribution < -0.4 is 0 Å². The van der Waals surface area contributed by atoms with Crippen LogP contribution >= 0.6 is 22.6 Å². The molecule has 1 heterocycles. The molecule has 0 aliphatic rings. The Morgan fingerprint density at radius 2 is 1.88 bits per heavy atom. The van der Waals surface area contributed by atoms with E-state index in [1.165, 1.54) is 0 Å². The number of benzene rings is 1. The number of hydrogen-bond donors (Lipinski definition) is 0. The summed E-state index contributed by atoms with van der Waals surface area (Å²) in [6.07, 6.45) is 1.59. The van der Waals surface area contributed by atoms with Crippen LogP contribution in [0.4, 0.5) is 5.69 Å². The Balaban J connectivity index is 2.63. The number of aromatic nitrogens is 1. The maximum absolute atomic E-state index is 11.0. The molecule has 2 aromatic rings. The molecule has 0 unspecified atom stereocenters. The summed E-state index contributed by atoms with van der Waals surface area (Å²) < 4.78 is 0.408. The lowest BCUT2D eigenvalue weighted by molar-refractivity contribution is -0.385. The van der Waals surface area contributed by atoms with Gasteiger partial charge in [0.2, 0.25) is 0 Å². The molecule has 0 aliphatic heterocycles. The number of halogens is 1. The van der Waals surface area contributed by atoms with Gasteiger partial charge in [-0.15, -0.1) is 0 Å². The first kappa shape index (κ1) is 12.0. The van der Waals surface area contributed by atoms with Gasteiger partial charge in [-0.25, -0.2) is 4.98 Å².